The zero-order valence-electron chi connectivity index (χ0n) is 6.70. The van der Waals surface area contributed by atoms with E-state index in [9.17, 15) is 0 Å². The summed E-state index contributed by atoms with van der Waals surface area (Å²) < 4.78 is 1.17. The summed E-state index contributed by atoms with van der Waals surface area (Å²) in [6, 6.07) is 0. The van der Waals surface area contributed by atoms with Crippen molar-refractivity contribution in [2.45, 2.75) is 6.42 Å². The Morgan fingerprint density at radius 2 is 2.58 bits per heavy atom. The van der Waals surface area contributed by atoms with Gasteiger partial charge in [0.05, 0.1) is 6.54 Å². The Labute approximate surface area is 79.8 Å². The standard InChI is InChI=1S/C7H12BrN3O/c8-6-2-1-3-11(4-6)5-7(9)10-12/h2,12H,1,3-5H2,(H2,9,10). The summed E-state index contributed by atoms with van der Waals surface area (Å²) in [5.41, 5.74) is 5.37. The van der Waals surface area contributed by atoms with E-state index in [0.29, 0.717) is 6.54 Å². The summed E-state index contributed by atoms with van der Waals surface area (Å²) >= 11 is 3.42. The molecule has 0 radical (unpaired) electrons. The van der Waals surface area contributed by atoms with Crippen molar-refractivity contribution in [1.29, 1.82) is 0 Å². The third kappa shape index (κ3) is 2.83. The van der Waals surface area contributed by atoms with Gasteiger partial charge < -0.3 is 10.9 Å². The predicted molar refractivity (Wildman–Crippen MR) is 51.5 cm³/mol. The molecule has 0 saturated heterocycles. The highest BCUT2D eigenvalue weighted by atomic mass is 79.9. The van der Waals surface area contributed by atoms with E-state index in [2.05, 4.69) is 32.1 Å². The quantitative estimate of drug-likeness (QED) is 0.320. The smallest absolute Gasteiger partial charge is 0.153 e. The highest BCUT2D eigenvalue weighted by Gasteiger charge is 2.11. The Bertz CT molecular complexity index is 215. The lowest BCUT2D eigenvalue weighted by Crippen LogP contribution is -2.36. The fourth-order valence-electron chi connectivity index (χ4n) is 1.16. The molecule has 0 bridgehead atoms. The lowest BCUT2D eigenvalue weighted by atomic mass is 10.2. The van der Waals surface area contributed by atoms with E-state index < -0.39 is 0 Å². The van der Waals surface area contributed by atoms with E-state index in [0.717, 1.165) is 19.5 Å². The Balaban J connectivity index is 2.40. The topological polar surface area (TPSA) is 61.8 Å². The van der Waals surface area contributed by atoms with Gasteiger partial charge in [0.2, 0.25) is 0 Å². The number of amidine groups is 1. The largest absolute Gasteiger partial charge is 0.409 e. The zero-order valence-corrected chi connectivity index (χ0v) is 8.29. The van der Waals surface area contributed by atoms with Gasteiger partial charge in [-0.1, -0.05) is 27.2 Å². The number of nitrogens with zero attached hydrogens (tertiary/aromatic N) is 2. The predicted octanol–water partition coefficient (Wildman–Crippen LogP) is 0.717. The van der Waals surface area contributed by atoms with Crippen molar-refractivity contribution in [3.05, 3.63) is 10.6 Å². The molecule has 1 heterocycles. The SMILES string of the molecule is N/C(CN1CCC=C(Br)C1)=N/O. The number of halogens is 1. The molecule has 5 heteroatoms. The van der Waals surface area contributed by atoms with Gasteiger partial charge in [-0.15, -0.1) is 0 Å². The van der Waals surface area contributed by atoms with Gasteiger partial charge in [0.15, 0.2) is 5.84 Å². The molecule has 4 nitrogen and oxygen atoms in total. The lowest BCUT2D eigenvalue weighted by Gasteiger charge is -2.23. The average Bonchev–Trinajstić information content (AvgIpc) is 2.04. The fourth-order valence-corrected chi connectivity index (χ4v) is 1.74. The van der Waals surface area contributed by atoms with Crippen molar-refractivity contribution < 1.29 is 5.21 Å². The first kappa shape index (κ1) is 9.54. The van der Waals surface area contributed by atoms with Gasteiger partial charge >= 0.3 is 0 Å². The van der Waals surface area contributed by atoms with Crippen molar-refractivity contribution in [3.8, 4) is 0 Å². The molecule has 0 spiro atoms. The molecule has 0 aromatic heterocycles. The number of nitrogens with two attached hydrogens (primary N) is 1. The second-order valence-electron chi connectivity index (χ2n) is 2.74. The van der Waals surface area contributed by atoms with Gasteiger partial charge in [0.25, 0.3) is 0 Å². The summed E-state index contributed by atoms with van der Waals surface area (Å²) in [5.74, 6) is 0.261. The Morgan fingerprint density at radius 3 is 3.17 bits per heavy atom. The maximum absolute atomic E-state index is 8.34. The van der Waals surface area contributed by atoms with E-state index in [4.69, 9.17) is 10.9 Å². The first-order valence-electron chi connectivity index (χ1n) is 3.75. The molecule has 0 unspecified atom stereocenters. The molecule has 0 aromatic carbocycles. The summed E-state index contributed by atoms with van der Waals surface area (Å²) in [7, 11) is 0. The third-order valence-corrected chi connectivity index (χ3v) is 2.27. The maximum Gasteiger partial charge on any atom is 0.153 e. The summed E-state index contributed by atoms with van der Waals surface area (Å²) in [6.07, 6.45) is 3.15. The summed E-state index contributed by atoms with van der Waals surface area (Å²) in [6.45, 7) is 2.33. The highest BCUT2D eigenvalue weighted by molar-refractivity contribution is 9.11. The van der Waals surface area contributed by atoms with Crippen LogP contribution in [0, 0.1) is 0 Å². The third-order valence-electron chi connectivity index (χ3n) is 1.70. The molecule has 0 aliphatic carbocycles. The minimum Gasteiger partial charge on any atom is -0.409 e. The Hall–Kier alpha value is -0.550. The van der Waals surface area contributed by atoms with E-state index in [1.807, 2.05) is 0 Å². The van der Waals surface area contributed by atoms with E-state index in [-0.39, 0.29) is 5.84 Å². The molecule has 1 rings (SSSR count). The number of hydrogen-bond acceptors (Lipinski definition) is 3. The van der Waals surface area contributed by atoms with Crippen LogP contribution in [0.1, 0.15) is 6.42 Å². The molecule has 68 valence electrons. The minimum atomic E-state index is 0.261. The average molecular weight is 234 g/mol. The van der Waals surface area contributed by atoms with Gasteiger partial charge in [-0.3, -0.25) is 4.90 Å². The number of hydrogen-bond donors (Lipinski definition) is 2. The van der Waals surface area contributed by atoms with Crippen molar-refractivity contribution in [3.63, 3.8) is 0 Å². The van der Waals surface area contributed by atoms with Crippen LogP contribution in [0.4, 0.5) is 0 Å². The van der Waals surface area contributed by atoms with Crippen LogP contribution in [0.2, 0.25) is 0 Å². The lowest BCUT2D eigenvalue weighted by molar-refractivity contribution is 0.301. The molecule has 0 saturated carbocycles. The van der Waals surface area contributed by atoms with Crippen LogP contribution in [-0.4, -0.2) is 35.6 Å². The van der Waals surface area contributed by atoms with Crippen LogP contribution < -0.4 is 5.73 Å². The summed E-state index contributed by atoms with van der Waals surface area (Å²) in [5, 5.41) is 11.3. The fraction of sp³-hybridized carbons (Fsp3) is 0.571. The number of oxime groups is 1. The molecular formula is C7H12BrN3O. The molecular weight excluding hydrogens is 222 g/mol. The highest BCUT2D eigenvalue weighted by Crippen LogP contribution is 2.13. The van der Waals surface area contributed by atoms with Gasteiger partial charge in [-0.2, -0.15) is 0 Å². The first-order chi connectivity index (χ1) is 5.72. The molecule has 0 amide bonds. The minimum absolute atomic E-state index is 0.261. The van der Waals surface area contributed by atoms with Crippen molar-refractivity contribution in [2.24, 2.45) is 10.9 Å². The van der Waals surface area contributed by atoms with Crippen molar-refractivity contribution in [1.82, 2.24) is 4.90 Å². The van der Waals surface area contributed by atoms with Crippen LogP contribution in [-0.2, 0) is 0 Å². The van der Waals surface area contributed by atoms with Crippen LogP contribution in [0.15, 0.2) is 15.7 Å². The van der Waals surface area contributed by atoms with Crippen LogP contribution in [0.5, 0.6) is 0 Å². The van der Waals surface area contributed by atoms with E-state index in [1.165, 1.54) is 4.48 Å². The normalized spacial score (nSPS) is 20.8. The van der Waals surface area contributed by atoms with Gasteiger partial charge in [0.1, 0.15) is 0 Å². The molecule has 3 N–H and O–H groups in total. The molecule has 0 fully saturated rings. The summed E-state index contributed by atoms with van der Waals surface area (Å²) in [4.78, 5) is 2.11. The number of rotatable bonds is 2. The Kier molecular flexibility index (Phi) is 3.55. The molecule has 0 aromatic rings. The monoisotopic (exact) mass is 233 g/mol. The van der Waals surface area contributed by atoms with Gasteiger partial charge in [0, 0.05) is 17.6 Å². The van der Waals surface area contributed by atoms with Crippen molar-refractivity contribution >= 4 is 21.8 Å². The molecule has 1 aliphatic rings. The van der Waals surface area contributed by atoms with Crippen LogP contribution in [0.3, 0.4) is 0 Å². The first-order valence-corrected chi connectivity index (χ1v) is 4.55. The second-order valence-corrected chi connectivity index (χ2v) is 3.76. The van der Waals surface area contributed by atoms with Gasteiger partial charge in [-0.25, -0.2) is 0 Å². The maximum atomic E-state index is 8.34. The van der Waals surface area contributed by atoms with E-state index in [1.54, 1.807) is 0 Å². The molecule has 0 atom stereocenters. The Morgan fingerprint density at radius 1 is 1.83 bits per heavy atom. The molecule has 1 aliphatic heterocycles. The molecule has 12 heavy (non-hydrogen) atoms. The van der Waals surface area contributed by atoms with Crippen LogP contribution >= 0.6 is 15.9 Å². The van der Waals surface area contributed by atoms with Gasteiger partial charge in [-0.05, 0) is 6.42 Å². The van der Waals surface area contributed by atoms with E-state index >= 15 is 0 Å². The van der Waals surface area contributed by atoms with Crippen LogP contribution in [0.25, 0.3) is 0 Å². The zero-order chi connectivity index (χ0) is 8.97. The second kappa shape index (κ2) is 4.47. The van der Waals surface area contributed by atoms with Crippen molar-refractivity contribution in [2.75, 3.05) is 19.6 Å².